The van der Waals surface area contributed by atoms with Gasteiger partial charge in [0.05, 0.1) is 0 Å². The number of carbonyl (C=O) groups is 1. The number of nitrogens with zero attached hydrogens (tertiary/aromatic N) is 1. The topological polar surface area (TPSA) is 46.3 Å². The van der Waals surface area contributed by atoms with E-state index in [4.69, 9.17) is 5.73 Å². The van der Waals surface area contributed by atoms with Crippen LogP contribution in [-0.2, 0) is 11.3 Å². The van der Waals surface area contributed by atoms with Gasteiger partial charge in [0.1, 0.15) is 11.6 Å². The minimum atomic E-state index is -0.522. The second-order valence-corrected chi connectivity index (χ2v) is 4.07. The van der Waals surface area contributed by atoms with Gasteiger partial charge in [-0.05, 0) is 18.2 Å². The van der Waals surface area contributed by atoms with Gasteiger partial charge in [0.2, 0.25) is 5.91 Å². The summed E-state index contributed by atoms with van der Waals surface area (Å²) >= 11 is 0. The van der Waals surface area contributed by atoms with E-state index in [-0.39, 0.29) is 30.5 Å². The number of nitrogens with two attached hydrogens (primary N) is 1. The summed E-state index contributed by atoms with van der Waals surface area (Å²) in [6.45, 7) is 1.96. The molecular formula is C12H16F2N2O. The molecule has 0 saturated carbocycles. The van der Waals surface area contributed by atoms with Crippen LogP contribution in [0.3, 0.4) is 0 Å². The van der Waals surface area contributed by atoms with Gasteiger partial charge in [0.15, 0.2) is 0 Å². The lowest BCUT2D eigenvalue weighted by molar-refractivity contribution is -0.133. The monoisotopic (exact) mass is 242 g/mol. The van der Waals surface area contributed by atoms with Gasteiger partial charge in [-0.15, -0.1) is 0 Å². The van der Waals surface area contributed by atoms with Crippen molar-refractivity contribution in [2.24, 2.45) is 11.7 Å². The maximum Gasteiger partial charge on any atom is 0.226 e. The number of halogens is 2. The van der Waals surface area contributed by atoms with Crippen LogP contribution in [0.25, 0.3) is 0 Å². The van der Waals surface area contributed by atoms with Crippen LogP contribution < -0.4 is 5.73 Å². The van der Waals surface area contributed by atoms with Crippen molar-refractivity contribution in [1.82, 2.24) is 4.90 Å². The molecule has 0 saturated heterocycles. The maximum atomic E-state index is 13.3. The molecule has 1 amide bonds. The average Bonchev–Trinajstić information content (AvgIpc) is 2.31. The first kappa shape index (κ1) is 13.6. The summed E-state index contributed by atoms with van der Waals surface area (Å²) in [6, 6.07) is 3.19. The van der Waals surface area contributed by atoms with Crippen LogP contribution in [0.1, 0.15) is 12.5 Å². The van der Waals surface area contributed by atoms with Crippen LogP contribution in [0.2, 0.25) is 0 Å². The maximum absolute atomic E-state index is 13.3. The molecule has 5 heteroatoms. The van der Waals surface area contributed by atoms with E-state index in [1.807, 2.05) is 0 Å². The zero-order valence-electron chi connectivity index (χ0n) is 9.91. The highest BCUT2D eigenvalue weighted by atomic mass is 19.1. The Labute approximate surface area is 99.2 Å². The minimum absolute atomic E-state index is 0.0345. The Morgan fingerprint density at radius 2 is 2.12 bits per heavy atom. The van der Waals surface area contributed by atoms with Gasteiger partial charge in [-0.1, -0.05) is 6.92 Å². The van der Waals surface area contributed by atoms with Crippen molar-refractivity contribution in [3.63, 3.8) is 0 Å². The fourth-order valence-electron chi connectivity index (χ4n) is 1.47. The van der Waals surface area contributed by atoms with Crippen molar-refractivity contribution in [2.75, 3.05) is 13.6 Å². The van der Waals surface area contributed by atoms with Crippen LogP contribution in [-0.4, -0.2) is 24.4 Å². The van der Waals surface area contributed by atoms with E-state index in [0.29, 0.717) is 0 Å². The van der Waals surface area contributed by atoms with E-state index in [1.54, 1.807) is 14.0 Å². The Balaban J connectivity index is 2.77. The van der Waals surface area contributed by atoms with Crippen LogP contribution in [0.5, 0.6) is 0 Å². The fourth-order valence-corrected chi connectivity index (χ4v) is 1.47. The molecule has 0 radical (unpaired) electrons. The molecule has 1 rings (SSSR count). The third-order valence-electron chi connectivity index (χ3n) is 2.57. The van der Waals surface area contributed by atoms with Crippen molar-refractivity contribution >= 4 is 5.91 Å². The summed E-state index contributed by atoms with van der Waals surface area (Å²) in [5.41, 5.74) is 5.53. The molecule has 94 valence electrons. The van der Waals surface area contributed by atoms with E-state index in [0.717, 1.165) is 18.2 Å². The summed E-state index contributed by atoms with van der Waals surface area (Å²) in [5.74, 6) is -1.55. The molecule has 0 aromatic heterocycles. The molecule has 1 atom stereocenters. The summed E-state index contributed by atoms with van der Waals surface area (Å²) in [7, 11) is 1.54. The lowest BCUT2D eigenvalue weighted by Gasteiger charge is -2.20. The molecule has 0 heterocycles. The van der Waals surface area contributed by atoms with Crippen LogP contribution in [0, 0.1) is 17.6 Å². The first-order valence-electron chi connectivity index (χ1n) is 5.34. The molecule has 0 bridgehead atoms. The molecule has 1 unspecified atom stereocenters. The number of carbonyl (C=O) groups excluding carboxylic acids is 1. The van der Waals surface area contributed by atoms with Crippen LogP contribution >= 0.6 is 0 Å². The van der Waals surface area contributed by atoms with Crippen molar-refractivity contribution in [3.05, 3.63) is 35.4 Å². The van der Waals surface area contributed by atoms with E-state index in [2.05, 4.69) is 0 Å². The van der Waals surface area contributed by atoms with Crippen LogP contribution in [0.15, 0.2) is 18.2 Å². The molecule has 2 N–H and O–H groups in total. The molecule has 0 aliphatic carbocycles. The summed E-state index contributed by atoms with van der Waals surface area (Å²) in [6.07, 6.45) is 0. The lowest BCUT2D eigenvalue weighted by atomic mass is 10.1. The molecular weight excluding hydrogens is 226 g/mol. The van der Waals surface area contributed by atoms with Gasteiger partial charge in [-0.25, -0.2) is 8.78 Å². The summed E-state index contributed by atoms with van der Waals surface area (Å²) in [4.78, 5) is 13.0. The van der Waals surface area contributed by atoms with Crippen molar-refractivity contribution in [2.45, 2.75) is 13.5 Å². The van der Waals surface area contributed by atoms with Crippen molar-refractivity contribution < 1.29 is 13.6 Å². The fraction of sp³-hybridized carbons (Fsp3) is 0.417. The number of hydrogen-bond donors (Lipinski definition) is 1. The molecule has 3 nitrogen and oxygen atoms in total. The van der Waals surface area contributed by atoms with E-state index >= 15 is 0 Å². The van der Waals surface area contributed by atoms with Gasteiger partial charge in [-0.2, -0.15) is 0 Å². The summed E-state index contributed by atoms with van der Waals surface area (Å²) in [5, 5.41) is 0. The smallest absolute Gasteiger partial charge is 0.226 e. The zero-order chi connectivity index (χ0) is 13.0. The van der Waals surface area contributed by atoms with Gasteiger partial charge in [0, 0.05) is 31.6 Å². The quantitative estimate of drug-likeness (QED) is 0.870. The van der Waals surface area contributed by atoms with Gasteiger partial charge in [0.25, 0.3) is 0 Å². The number of amides is 1. The molecule has 0 spiro atoms. The average molecular weight is 242 g/mol. The van der Waals surface area contributed by atoms with Gasteiger partial charge in [-0.3, -0.25) is 4.79 Å². The number of hydrogen-bond acceptors (Lipinski definition) is 2. The predicted molar refractivity (Wildman–Crippen MR) is 61.1 cm³/mol. The third-order valence-corrected chi connectivity index (χ3v) is 2.57. The Kier molecular flexibility index (Phi) is 4.57. The zero-order valence-corrected chi connectivity index (χ0v) is 9.91. The predicted octanol–water partition coefficient (Wildman–Crippen LogP) is 1.52. The Hall–Kier alpha value is -1.49. The van der Waals surface area contributed by atoms with Gasteiger partial charge < -0.3 is 10.6 Å². The largest absolute Gasteiger partial charge is 0.341 e. The van der Waals surface area contributed by atoms with E-state index in [9.17, 15) is 13.6 Å². The first-order valence-corrected chi connectivity index (χ1v) is 5.34. The third kappa shape index (κ3) is 3.49. The standard InChI is InChI=1S/C12H16F2N2O/c1-8(6-15)12(17)16(2)7-9-5-10(13)3-4-11(9)14/h3-5,8H,6-7,15H2,1-2H3. The molecule has 0 aliphatic heterocycles. The molecule has 1 aromatic carbocycles. The van der Waals surface area contributed by atoms with Gasteiger partial charge >= 0.3 is 0 Å². The highest BCUT2D eigenvalue weighted by Gasteiger charge is 2.17. The van der Waals surface area contributed by atoms with Crippen LogP contribution in [0.4, 0.5) is 8.78 Å². The Morgan fingerprint density at radius 3 is 2.71 bits per heavy atom. The Bertz CT molecular complexity index is 409. The highest BCUT2D eigenvalue weighted by Crippen LogP contribution is 2.12. The van der Waals surface area contributed by atoms with E-state index in [1.165, 1.54) is 4.90 Å². The van der Waals surface area contributed by atoms with Crippen molar-refractivity contribution in [1.29, 1.82) is 0 Å². The highest BCUT2D eigenvalue weighted by molar-refractivity contribution is 5.78. The second kappa shape index (κ2) is 5.72. The van der Waals surface area contributed by atoms with Crippen molar-refractivity contribution in [3.8, 4) is 0 Å². The normalized spacial score (nSPS) is 12.3. The lowest BCUT2D eigenvalue weighted by Crippen LogP contribution is -2.34. The minimum Gasteiger partial charge on any atom is -0.341 e. The molecule has 0 aliphatic rings. The first-order chi connectivity index (χ1) is 7.95. The number of rotatable bonds is 4. The summed E-state index contributed by atoms with van der Waals surface area (Å²) < 4.78 is 26.3. The Morgan fingerprint density at radius 1 is 1.47 bits per heavy atom. The number of benzene rings is 1. The second-order valence-electron chi connectivity index (χ2n) is 4.07. The SMILES string of the molecule is CC(CN)C(=O)N(C)Cc1cc(F)ccc1F. The molecule has 1 aromatic rings. The molecule has 0 fully saturated rings. The molecule has 17 heavy (non-hydrogen) atoms. The van der Waals surface area contributed by atoms with E-state index < -0.39 is 11.6 Å².